The van der Waals surface area contributed by atoms with Crippen molar-refractivity contribution in [3.8, 4) is 0 Å². The second-order valence-corrected chi connectivity index (χ2v) is 38.4. The topological polar surface area (TPSA) is 0 Å². The van der Waals surface area contributed by atoms with Gasteiger partial charge < -0.3 is 119 Å². The fourth-order valence-electron chi connectivity index (χ4n) is 27.2. The number of allylic oxidation sites excluding steroid dienone is 8. The predicted molar refractivity (Wildman–Crippen MR) is 508 cm³/mol. The Morgan fingerprint density at radius 1 is 0.268 bits per heavy atom. The van der Waals surface area contributed by atoms with Crippen LogP contribution in [0.25, 0.3) is 0 Å². The molecule has 11 fully saturated rings. The van der Waals surface area contributed by atoms with E-state index in [4.69, 9.17) is 0 Å². The van der Waals surface area contributed by atoms with Gasteiger partial charge in [0.25, 0.3) is 0 Å². The Morgan fingerprint density at radius 2 is 0.589 bits per heavy atom. The van der Waals surface area contributed by atoms with E-state index in [1.807, 2.05) is 0 Å². The first-order valence-corrected chi connectivity index (χ1v) is 42.7. The van der Waals surface area contributed by atoms with Gasteiger partial charge in [0.15, 0.2) is 0 Å². The van der Waals surface area contributed by atoms with Crippen molar-refractivity contribution >= 4 is 0 Å². The van der Waals surface area contributed by atoms with E-state index in [0.717, 1.165) is 201 Å². The smallest absolute Gasteiger partial charge is 0.358 e. The van der Waals surface area contributed by atoms with Crippen LogP contribution >= 0.6 is 0 Å². The van der Waals surface area contributed by atoms with E-state index in [-0.39, 0.29) is 223 Å². The number of hydrogen-bond donors (Lipinski definition) is 0. The van der Waals surface area contributed by atoms with Gasteiger partial charge in [0.2, 0.25) is 0 Å². The summed E-state index contributed by atoms with van der Waals surface area (Å²) in [5.74, 6) is 35.3. The van der Waals surface area contributed by atoms with E-state index in [0.29, 0.717) is 0 Å². The number of fused-ring (bicyclic) bond motifs is 6. The fourth-order valence-corrected chi connectivity index (χ4v) is 27.2. The summed E-state index contributed by atoms with van der Waals surface area (Å²) in [4.78, 5) is 0. The molecule has 0 bridgehead atoms. The van der Waals surface area contributed by atoms with E-state index in [1.165, 1.54) is 94.8 Å². The molecule has 13 aliphatic carbocycles. The SMILES string of the molecule is C1CCC2C(C1)CCC1CCCC12.CC1C(C)C(C)C(C)C1C.CCCC1C(C)C(CC2C(C)C(C(C)C(C)C)C3C=CC=CC32)C2C=CC=CC21.CCCC1CC(CC2C(C)C(C)C(C)C2C)C2CCCCC12.CCCC1CCC(CC2C(C)C(C)C(C)C2C)C1.[CH3-].[CH3-].[CH3-].[CH3-].[CH3-].[CH3-].[CH3-].[CH3-].[CH3-].[CH3-].[CH3-].[CH3-].[CH3-].[CH3-].[CH3-].[CH3-].[Hf+4].[Hf+4].[Hf+4].[Zr+4]. The molecular formula is C108H208Hf3Zr. The van der Waals surface area contributed by atoms with Crippen LogP contribution < -0.4 is 0 Å². The average Bonchev–Trinajstić information content (AvgIpc) is 1.60. The molecule has 29 atom stereocenters. The van der Waals surface area contributed by atoms with Crippen LogP contribution in [0.15, 0.2) is 48.6 Å². The Labute approximate surface area is 794 Å². The third-order valence-corrected chi connectivity index (χ3v) is 34.7. The van der Waals surface area contributed by atoms with E-state index in [1.54, 1.807) is 89.9 Å². The standard InChI is InChI=1S/C29H44.C22H40.C18H34.C13H22.C10H20.16CH3.3Hf.Zr/c1-7-12-22-20(5)27(24-14-9-8-13-23(22)24)17-28-21(6)29(19(4)18(2)3)26-16-11-10-15-25(26)28;1-6-9-18-12-19(21-11-8-7-10-20(18)21)13-22-16(4)14(2)15(3)17(22)5;1-6-7-16-8-9-17(10-16)11-18-14(4)12(2)13(3)15(18)5;1-2-6-12-10(4-1)8-9-11-5-3-7-13(11)12;1-6-7(2)9(4)10(5)8(6)3;;;;;;;;;;;;;;;;;;;;/h8-11,13-16,18-29H,7,12,17H2,1-6H3;14-22H,6-13H2,1-5H3;12-18H,6-11H2,1-5H3;10-13H,1-9H2;6-10H,1-5H3;16*1H3;;;;/q;;;;;16*-1;4*+4. The Kier molecular flexibility index (Phi) is 82.7. The van der Waals surface area contributed by atoms with Gasteiger partial charge in [-0.2, -0.15) is 0 Å². The van der Waals surface area contributed by atoms with Gasteiger partial charge >= 0.3 is 104 Å². The second-order valence-electron chi connectivity index (χ2n) is 38.4. The molecule has 0 aliphatic heterocycles. The van der Waals surface area contributed by atoms with Crippen molar-refractivity contribution in [2.45, 2.75) is 312 Å². The number of hydrogen-bond acceptors (Lipinski definition) is 0. The van der Waals surface area contributed by atoms with Crippen LogP contribution in [0.5, 0.6) is 0 Å². The maximum atomic E-state index is 2.60. The van der Waals surface area contributed by atoms with Crippen LogP contribution in [0.2, 0.25) is 0 Å². The third kappa shape index (κ3) is 32.5. The van der Waals surface area contributed by atoms with E-state index in [2.05, 4.69) is 194 Å². The Hall–Kier alpha value is 2.45. The van der Waals surface area contributed by atoms with Gasteiger partial charge in [-0.15, -0.1) is 0 Å². The summed E-state index contributed by atoms with van der Waals surface area (Å²) in [6.07, 6.45) is 59.2. The molecule has 0 heterocycles. The zero-order valence-corrected chi connectivity index (χ0v) is 96.6. The quantitative estimate of drug-likeness (QED) is 0.120. The molecule has 0 aromatic rings. The summed E-state index contributed by atoms with van der Waals surface area (Å²) in [5.41, 5.74) is 0. The Bertz CT molecular complexity index is 2230. The molecule has 0 aromatic heterocycles. The molecule has 0 saturated heterocycles. The van der Waals surface area contributed by atoms with Gasteiger partial charge in [-0.25, -0.2) is 0 Å². The predicted octanol–water partition coefficient (Wildman–Crippen LogP) is 34.9. The molecule has 656 valence electrons. The molecule has 13 rings (SSSR count). The molecule has 0 N–H and O–H groups in total. The second kappa shape index (κ2) is 66.0. The Balaban J connectivity index is -0.000000110. The first kappa shape index (κ1) is 140. The molecule has 0 radical (unpaired) electrons. The van der Waals surface area contributed by atoms with Crippen molar-refractivity contribution < 1.29 is 104 Å². The van der Waals surface area contributed by atoms with E-state index < -0.39 is 0 Å². The molecule has 29 unspecified atom stereocenters. The minimum Gasteiger partial charge on any atom is -0.358 e. The molecule has 4 heteroatoms. The van der Waals surface area contributed by atoms with Crippen molar-refractivity contribution in [2.24, 2.45) is 219 Å². The Morgan fingerprint density at radius 3 is 1.00 bits per heavy atom. The van der Waals surface area contributed by atoms with E-state index >= 15 is 0 Å². The zero-order chi connectivity index (χ0) is 66.4. The molecule has 0 aromatic carbocycles. The van der Waals surface area contributed by atoms with Crippen LogP contribution in [0.1, 0.15) is 312 Å². The maximum absolute atomic E-state index is 2.60. The first-order chi connectivity index (χ1) is 44.0. The molecule has 0 spiro atoms. The molecule has 11 saturated carbocycles. The van der Waals surface area contributed by atoms with Gasteiger partial charge in [0.1, 0.15) is 0 Å². The van der Waals surface area contributed by atoms with Crippen LogP contribution in [0.4, 0.5) is 0 Å². The summed E-state index contributed by atoms with van der Waals surface area (Å²) in [6.45, 7) is 51.9. The van der Waals surface area contributed by atoms with Gasteiger partial charge in [-0.05, 0) is 296 Å². The van der Waals surface area contributed by atoms with Gasteiger partial charge in [-0.3, -0.25) is 0 Å². The first-order valence-electron chi connectivity index (χ1n) is 42.7. The molecule has 0 amide bonds. The van der Waals surface area contributed by atoms with Crippen molar-refractivity contribution in [3.63, 3.8) is 0 Å². The summed E-state index contributed by atoms with van der Waals surface area (Å²) < 4.78 is 0. The van der Waals surface area contributed by atoms with Crippen LogP contribution in [-0.4, -0.2) is 0 Å². The summed E-state index contributed by atoms with van der Waals surface area (Å²) in [7, 11) is 0. The van der Waals surface area contributed by atoms with Gasteiger partial charge in [0, 0.05) is 0 Å². The van der Waals surface area contributed by atoms with Crippen LogP contribution in [-0.2, 0) is 104 Å². The zero-order valence-electron chi connectivity index (χ0n) is 83.4. The van der Waals surface area contributed by atoms with Crippen molar-refractivity contribution in [1.82, 2.24) is 0 Å². The average molecular weight is 2130 g/mol. The van der Waals surface area contributed by atoms with Crippen LogP contribution in [0, 0.1) is 338 Å². The minimum atomic E-state index is 0. The van der Waals surface area contributed by atoms with Crippen LogP contribution in [0.3, 0.4) is 0 Å². The molecule has 13 aliphatic rings. The molecule has 0 nitrogen and oxygen atoms in total. The monoisotopic (exact) mass is 2140 g/mol. The summed E-state index contributed by atoms with van der Waals surface area (Å²) in [6, 6.07) is 0. The van der Waals surface area contributed by atoms with Crippen molar-refractivity contribution in [1.29, 1.82) is 0 Å². The van der Waals surface area contributed by atoms with Crippen molar-refractivity contribution in [2.75, 3.05) is 0 Å². The normalized spacial score (nSPS) is 40.8. The largest absolute Gasteiger partial charge is 4.00 e. The molecular weight excluding hydrogens is 1920 g/mol. The maximum Gasteiger partial charge on any atom is 4.00 e. The number of rotatable bonds is 14. The van der Waals surface area contributed by atoms with E-state index in [9.17, 15) is 0 Å². The molecule has 112 heavy (non-hydrogen) atoms. The van der Waals surface area contributed by atoms with Gasteiger partial charge in [0.05, 0.1) is 0 Å². The third-order valence-electron chi connectivity index (χ3n) is 34.7. The van der Waals surface area contributed by atoms with Crippen molar-refractivity contribution in [3.05, 3.63) is 167 Å². The summed E-state index contributed by atoms with van der Waals surface area (Å²) in [5, 5.41) is 0. The fraction of sp³-hybridized carbons (Fsp3) is 0.778. The minimum absolute atomic E-state index is 0. The summed E-state index contributed by atoms with van der Waals surface area (Å²) >= 11 is 0. The van der Waals surface area contributed by atoms with Gasteiger partial charge in [-0.1, -0.05) is 284 Å².